The van der Waals surface area contributed by atoms with Crippen LogP contribution in [0.2, 0.25) is 0 Å². The van der Waals surface area contributed by atoms with Gasteiger partial charge in [-0.1, -0.05) is 0 Å². The molecule has 16 heavy (non-hydrogen) atoms. The zero-order chi connectivity index (χ0) is 11.8. The highest BCUT2D eigenvalue weighted by Crippen LogP contribution is 2.12. The van der Waals surface area contributed by atoms with E-state index in [4.69, 9.17) is 5.73 Å². The molecule has 0 aliphatic rings. The molecule has 2 rings (SSSR count). The maximum absolute atomic E-state index is 5.90. The second-order valence-corrected chi connectivity index (χ2v) is 4.56. The van der Waals surface area contributed by atoms with Gasteiger partial charge in [-0.25, -0.2) is 4.98 Å². The van der Waals surface area contributed by atoms with Gasteiger partial charge in [0.15, 0.2) is 5.82 Å². The Morgan fingerprint density at radius 2 is 2.19 bits per heavy atom. The molecule has 3 N–H and O–H groups in total. The first-order chi connectivity index (χ1) is 7.47. The summed E-state index contributed by atoms with van der Waals surface area (Å²) >= 11 is 0. The number of nitrogens with zero attached hydrogens (tertiary/aromatic N) is 4. The summed E-state index contributed by atoms with van der Waals surface area (Å²) in [6, 6.07) is 0. The van der Waals surface area contributed by atoms with Crippen LogP contribution in [-0.2, 0) is 0 Å². The van der Waals surface area contributed by atoms with Crippen molar-refractivity contribution in [1.29, 1.82) is 0 Å². The highest BCUT2D eigenvalue weighted by Gasteiger charge is 2.13. The molecular weight excluding hydrogens is 204 g/mol. The van der Waals surface area contributed by atoms with Crippen LogP contribution in [0, 0.1) is 6.92 Å². The van der Waals surface area contributed by atoms with Gasteiger partial charge in [0.2, 0.25) is 5.65 Å². The Labute approximate surface area is 93.9 Å². The molecule has 0 atom stereocenters. The predicted octanol–water partition coefficient (Wildman–Crippen LogP) is 0.582. The Hall–Kier alpha value is -1.69. The largest absolute Gasteiger partial charge is 0.365 e. The molecule has 2 aromatic rings. The van der Waals surface area contributed by atoms with E-state index in [1.807, 2.05) is 31.4 Å². The van der Waals surface area contributed by atoms with Gasteiger partial charge in [-0.2, -0.15) is 0 Å². The number of hydrogen-bond donors (Lipinski definition) is 2. The van der Waals surface area contributed by atoms with E-state index in [0.29, 0.717) is 12.4 Å². The minimum Gasteiger partial charge on any atom is -0.365 e. The van der Waals surface area contributed by atoms with Crippen LogP contribution >= 0.6 is 0 Å². The third kappa shape index (κ3) is 2.11. The molecule has 0 aromatic carbocycles. The smallest absolute Gasteiger partial charge is 0.203 e. The van der Waals surface area contributed by atoms with Crippen molar-refractivity contribution in [3.63, 3.8) is 0 Å². The predicted molar refractivity (Wildman–Crippen MR) is 62.3 cm³/mol. The Kier molecular flexibility index (Phi) is 2.51. The normalized spacial score (nSPS) is 12.0. The Morgan fingerprint density at radius 3 is 2.88 bits per heavy atom. The molecule has 0 spiro atoms. The van der Waals surface area contributed by atoms with Crippen LogP contribution in [-0.4, -0.2) is 31.7 Å². The monoisotopic (exact) mass is 220 g/mol. The van der Waals surface area contributed by atoms with Crippen molar-refractivity contribution >= 4 is 11.5 Å². The highest BCUT2D eigenvalue weighted by molar-refractivity contribution is 5.62. The van der Waals surface area contributed by atoms with Crippen LogP contribution in [0.5, 0.6) is 0 Å². The van der Waals surface area contributed by atoms with Crippen LogP contribution in [0.25, 0.3) is 5.65 Å². The number of anilines is 1. The maximum atomic E-state index is 5.90. The number of hydrogen-bond acceptors (Lipinski definition) is 5. The molecule has 0 saturated carbocycles. The topological polar surface area (TPSA) is 81.1 Å². The standard InChI is InChI=1S/C10H16N6/c1-7-14-15-9-8(12-4-5-16(7)9)13-6-10(2,3)11/h4-5H,6,11H2,1-3H3,(H,12,13). The molecule has 2 heterocycles. The average molecular weight is 220 g/mol. The molecule has 0 saturated heterocycles. The van der Waals surface area contributed by atoms with Crippen molar-refractivity contribution in [2.75, 3.05) is 11.9 Å². The maximum Gasteiger partial charge on any atom is 0.203 e. The summed E-state index contributed by atoms with van der Waals surface area (Å²) < 4.78 is 1.89. The molecular formula is C10H16N6. The van der Waals surface area contributed by atoms with E-state index in [1.165, 1.54) is 0 Å². The molecule has 86 valence electrons. The van der Waals surface area contributed by atoms with E-state index in [1.54, 1.807) is 6.20 Å². The number of nitrogens with one attached hydrogen (secondary N) is 1. The minimum absolute atomic E-state index is 0.288. The Balaban J connectivity index is 2.31. The summed E-state index contributed by atoms with van der Waals surface area (Å²) in [6.45, 7) is 6.44. The van der Waals surface area contributed by atoms with Gasteiger partial charge < -0.3 is 11.1 Å². The van der Waals surface area contributed by atoms with Crippen LogP contribution < -0.4 is 11.1 Å². The van der Waals surface area contributed by atoms with Crippen molar-refractivity contribution in [3.8, 4) is 0 Å². The minimum atomic E-state index is -0.288. The number of rotatable bonds is 3. The van der Waals surface area contributed by atoms with Crippen molar-refractivity contribution < 1.29 is 0 Å². The fourth-order valence-corrected chi connectivity index (χ4v) is 1.38. The molecule has 2 aromatic heterocycles. The molecule has 0 radical (unpaired) electrons. The van der Waals surface area contributed by atoms with E-state index in [9.17, 15) is 0 Å². The summed E-state index contributed by atoms with van der Waals surface area (Å²) in [5, 5.41) is 11.3. The third-order valence-corrected chi connectivity index (χ3v) is 2.21. The lowest BCUT2D eigenvalue weighted by atomic mass is 10.1. The number of aromatic nitrogens is 4. The molecule has 6 nitrogen and oxygen atoms in total. The lowest BCUT2D eigenvalue weighted by molar-refractivity contribution is 0.548. The van der Waals surface area contributed by atoms with Crippen molar-refractivity contribution in [1.82, 2.24) is 19.6 Å². The first-order valence-electron chi connectivity index (χ1n) is 5.16. The third-order valence-electron chi connectivity index (χ3n) is 2.21. The van der Waals surface area contributed by atoms with Gasteiger partial charge in [-0.15, -0.1) is 10.2 Å². The summed E-state index contributed by atoms with van der Waals surface area (Å²) in [7, 11) is 0. The Morgan fingerprint density at radius 1 is 1.44 bits per heavy atom. The average Bonchev–Trinajstić information content (AvgIpc) is 2.57. The number of nitrogens with two attached hydrogens (primary N) is 1. The molecule has 0 aliphatic heterocycles. The summed E-state index contributed by atoms with van der Waals surface area (Å²) in [6.07, 6.45) is 3.55. The Bertz CT molecular complexity index is 495. The van der Waals surface area contributed by atoms with Gasteiger partial charge >= 0.3 is 0 Å². The van der Waals surface area contributed by atoms with Crippen LogP contribution in [0.15, 0.2) is 12.4 Å². The van der Waals surface area contributed by atoms with Gasteiger partial charge in [-0.3, -0.25) is 4.40 Å². The van der Waals surface area contributed by atoms with Gasteiger partial charge in [0.1, 0.15) is 5.82 Å². The van der Waals surface area contributed by atoms with E-state index in [2.05, 4.69) is 20.5 Å². The van der Waals surface area contributed by atoms with Gasteiger partial charge in [-0.05, 0) is 20.8 Å². The molecule has 6 heteroatoms. The first-order valence-corrected chi connectivity index (χ1v) is 5.16. The van der Waals surface area contributed by atoms with Crippen LogP contribution in [0.3, 0.4) is 0 Å². The second kappa shape index (κ2) is 3.71. The lowest BCUT2D eigenvalue weighted by Gasteiger charge is -2.19. The molecule has 0 unspecified atom stereocenters. The highest BCUT2D eigenvalue weighted by atomic mass is 15.3. The fourth-order valence-electron chi connectivity index (χ4n) is 1.38. The van der Waals surface area contributed by atoms with Crippen LogP contribution in [0.1, 0.15) is 19.7 Å². The van der Waals surface area contributed by atoms with Crippen molar-refractivity contribution in [2.24, 2.45) is 5.73 Å². The molecule has 0 fully saturated rings. The fraction of sp³-hybridized carbons (Fsp3) is 0.500. The zero-order valence-electron chi connectivity index (χ0n) is 9.73. The lowest BCUT2D eigenvalue weighted by Crippen LogP contribution is -2.39. The zero-order valence-corrected chi connectivity index (χ0v) is 9.73. The van der Waals surface area contributed by atoms with Crippen molar-refractivity contribution in [2.45, 2.75) is 26.3 Å². The van der Waals surface area contributed by atoms with E-state index < -0.39 is 0 Å². The summed E-state index contributed by atoms with van der Waals surface area (Å²) in [4.78, 5) is 4.23. The molecule has 0 bridgehead atoms. The molecule has 0 aliphatic carbocycles. The van der Waals surface area contributed by atoms with Gasteiger partial charge in [0.25, 0.3) is 0 Å². The number of fused-ring (bicyclic) bond motifs is 1. The van der Waals surface area contributed by atoms with Crippen molar-refractivity contribution in [3.05, 3.63) is 18.2 Å². The van der Waals surface area contributed by atoms with Crippen LogP contribution in [0.4, 0.5) is 5.82 Å². The quantitative estimate of drug-likeness (QED) is 0.791. The summed E-state index contributed by atoms with van der Waals surface area (Å²) in [5.74, 6) is 1.55. The van der Waals surface area contributed by atoms with E-state index in [0.717, 1.165) is 11.5 Å². The SMILES string of the molecule is Cc1nnc2c(NCC(C)(C)N)nccn12. The van der Waals surface area contributed by atoms with E-state index in [-0.39, 0.29) is 5.54 Å². The second-order valence-electron chi connectivity index (χ2n) is 4.56. The number of aryl methyl sites for hydroxylation is 1. The summed E-state index contributed by atoms with van der Waals surface area (Å²) in [5.41, 5.74) is 6.34. The van der Waals surface area contributed by atoms with E-state index >= 15 is 0 Å². The van der Waals surface area contributed by atoms with Gasteiger partial charge in [0.05, 0.1) is 0 Å². The molecule has 0 amide bonds. The first kappa shape index (κ1) is 10.8. The van der Waals surface area contributed by atoms with Gasteiger partial charge in [0, 0.05) is 24.5 Å².